The zero-order valence-corrected chi connectivity index (χ0v) is 14.1. The molecule has 2 N–H and O–H groups in total. The predicted molar refractivity (Wildman–Crippen MR) is 87.1 cm³/mol. The van der Waals surface area contributed by atoms with E-state index in [0.717, 1.165) is 15.0 Å². The van der Waals surface area contributed by atoms with Gasteiger partial charge in [-0.2, -0.15) is 0 Å². The van der Waals surface area contributed by atoms with Gasteiger partial charge in [-0.25, -0.2) is 9.78 Å². The lowest BCUT2D eigenvalue weighted by Crippen LogP contribution is -2.34. The number of carboxylic acid groups (broad SMARTS) is 1. The average molecular weight is 385 g/mol. The summed E-state index contributed by atoms with van der Waals surface area (Å²) >= 11 is 4.75. The van der Waals surface area contributed by atoms with Crippen LogP contribution in [-0.2, 0) is 13.0 Å². The molecule has 0 atom stereocenters. The summed E-state index contributed by atoms with van der Waals surface area (Å²) in [5.41, 5.74) is 1.19. The van der Waals surface area contributed by atoms with Crippen LogP contribution in [0.25, 0.3) is 0 Å². The van der Waals surface area contributed by atoms with Gasteiger partial charge in [-0.15, -0.1) is 0 Å². The molecule has 0 fully saturated rings. The number of carbonyl (C=O) groups is 1. The fraction of sp³-hybridized carbons (Fsp3) is 0.308. The number of rotatable bonds is 2. The molecule has 0 radical (unpaired) electrons. The number of hydrogen-bond donors (Lipinski definition) is 2. The van der Waals surface area contributed by atoms with Crippen LogP contribution >= 0.6 is 27.3 Å². The number of nitrogens with zero attached hydrogens (tertiary/aromatic N) is 3. The maximum absolute atomic E-state index is 11.9. The van der Waals surface area contributed by atoms with E-state index in [9.17, 15) is 9.59 Å². The largest absolute Gasteiger partial charge is 0.465 e. The van der Waals surface area contributed by atoms with Crippen LogP contribution in [0.2, 0.25) is 0 Å². The summed E-state index contributed by atoms with van der Waals surface area (Å²) in [6.45, 7) is 0.803. The Hall–Kier alpha value is -1.87. The molecule has 9 heteroatoms. The predicted octanol–water partition coefficient (Wildman–Crippen LogP) is 2.40. The molecule has 2 aromatic heterocycles. The number of aromatic nitrogens is 2. The molecule has 0 spiro atoms. The molecule has 116 valence electrons. The summed E-state index contributed by atoms with van der Waals surface area (Å²) in [6, 6.07) is 1.72. The van der Waals surface area contributed by atoms with Gasteiger partial charge in [0, 0.05) is 35.6 Å². The molecule has 7 nitrogen and oxygen atoms in total. The van der Waals surface area contributed by atoms with Crippen molar-refractivity contribution in [3.8, 4) is 0 Å². The first-order valence-corrected chi connectivity index (χ1v) is 8.15. The van der Waals surface area contributed by atoms with Crippen LogP contribution in [0.4, 0.5) is 15.6 Å². The van der Waals surface area contributed by atoms with Gasteiger partial charge in [0.05, 0.1) is 12.2 Å². The number of pyridine rings is 1. The lowest BCUT2D eigenvalue weighted by atomic mass is 10.2. The highest BCUT2D eigenvalue weighted by Crippen LogP contribution is 2.32. The van der Waals surface area contributed by atoms with Crippen LogP contribution in [0.3, 0.4) is 0 Å². The number of aromatic amines is 1. The molecule has 1 aliphatic heterocycles. The maximum atomic E-state index is 11.9. The fourth-order valence-electron chi connectivity index (χ4n) is 2.29. The van der Waals surface area contributed by atoms with Gasteiger partial charge in [0.1, 0.15) is 5.69 Å². The standard InChI is InChI=1S/C13H13BrN4O3S/c1-17(9-4-7(14)5-15-11(9)19)12-16-8-2-3-18(13(20)21)6-10(8)22-12/h4-5H,2-3,6H2,1H3,(H,15,19)(H,20,21). The number of hydrogen-bond acceptors (Lipinski definition) is 5. The van der Waals surface area contributed by atoms with E-state index in [0.29, 0.717) is 30.3 Å². The van der Waals surface area contributed by atoms with Crippen LogP contribution in [0, 0.1) is 0 Å². The van der Waals surface area contributed by atoms with Crippen molar-refractivity contribution in [1.82, 2.24) is 14.9 Å². The number of thiazole rings is 1. The molecule has 0 aromatic carbocycles. The first-order valence-electron chi connectivity index (χ1n) is 6.54. The Morgan fingerprint density at radius 3 is 3.09 bits per heavy atom. The Morgan fingerprint density at radius 1 is 1.59 bits per heavy atom. The highest BCUT2D eigenvalue weighted by Gasteiger charge is 2.25. The van der Waals surface area contributed by atoms with E-state index in [1.807, 2.05) is 0 Å². The second-order valence-corrected chi connectivity index (χ2v) is 6.89. The van der Waals surface area contributed by atoms with Gasteiger partial charge in [0.15, 0.2) is 5.13 Å². The fourth-order valence-corrected chi connectivity index (χ4v) is 3.72. The van der Waals surface area contributed by atoms with Crippen LogP contribution in [0.5, 0.6) is 0 Å². The summed E-state index contributed by atoms with van der Waals surface area (Å²) in [7, 11) is 1.77. The topological polar surface area (TPSA) is 89.5 Å². The Morgan fingerprint density at radius 2 is 2.36 bits per heavy atom. The van der Waals surface area contributed by atoms with Crippen molar-refractivity contribution in [3.05, 3.63) is 37.7 Å². The van der Waals surface area contributed by atoms with Crippen molar-refractivity contribution in [3.63, 3.8) is 0 Å². The number of halogens is 1. The molecular formula is C13H13BrN4O3S. The minimum Gasteiger partial charge on any atom is -0.465 e. The van der Waals surface area contributed by atoms with Crippen molar-refractivity contribution in [2.24, 2.45) is 0 Å². The normalized spacial score (nSPS) is 13.8. The quantitative estimate of drug-likeness (QED) is 0.829. The van der Waals surface area contributed by atoms with Crippen molar-refractivity contribution >= 4 is 44.2 Å². The van der Waals surface area contributed by atoms with Crippen molar-refractivity contribution in [1.29, 1.82) is 0 Å². The smallest absolute Gasteiger partial charge is 0.407 e. The number of H-pyrrole nitrogens is 1. The van der Waals surface area contributed by atoms with E-state index in [2.05, 4.69) is 25.9 Å². The monoisotopic (exact) mass is 384 g/mol. The third kappa shape index (κ3) is 2.73. The number of nitrogens with one attached hydrogen (secondary N) is 1. The summed E-state index contributed by atoms with van der Waals surface area (Å²) < 4.78 is 0.771. The molecule has 2 aromatic rings. The Labute approximate surface area is 138 Å². The summed E-state index contributed by atoms with van der Waals surface area (Å²) in [4.78, 5) is 34.2. The number of amides is 1. The molecule has 1 aliphatic rings. The molecule has 0 unspecified atom stereocenters. The second-order valence-electron chi connectivity index (χ2n) is 4.91. The third-order valence-electron chi connectivity index (χ3n) is 3.49. The Bertz CT molecular complexity index is 788. The molecule has 0 aliphatic carbocycles. The van der Waals surface area contributed by atoms with Crippen LogP contribution in [0.1, 0.15) is 10.6 Å². The van der Waals surface area contributed by atoms with E-state index in [4.69, 9.17) is 5.11 Å². The van der Waals surface area contributed by atoms with Crippen LogP contribution < -0.4 is 10.5 Å². The van der Waals surface area contributed by atoms with E-state index >= 15 is 0 Å². The van der Waals surface area contributed by atoms with Gasteiger partial charge in [-0.1, -0.05) is 11.3 Å². The van der Waals surface area contributed by atoms with Gasteiger partial charge in [-0.3, -0.25) is 4.79 Å². The first kappa shape index (κ1) is 15.0. The zero-order valence-electron chi connectivity index (χ0n) is 11.7. The molecular weight excluding hydrogens is 372 g/mol. The SMILES string of the molecule is CN(c1nc2c(s1)CN(C(=O)O)CC2)c1cc(Br)c[nH]c1=O. The Balaban J connectivity index is 1.92. The van der Waals surface area contributed by atoms with Gasteiger partial charge in [0.2, 0.25) is 0 Å². The number of anilines is 2. The summed E-state index contributed by atoms with van der Waals surface area (Å²) in [6.07, 6.45) is 1.26. The first-order chi connectivity index (χ1) is 10.5. The Kier molecular flexibility index (Phi) is 3.92. The lowest BCUT2D eigenvalue weighted by Gasteiger charge is -2.22. The van der Waals surface area contributed by atoms with Gasteiger partial charge < -0.3 is 19.9 Å². The number of fused-ring (bicyclic) bond motifs is 1. The van der Waals surface area contributed by atoms with E-state index in [-0.39, 0.29) is 5.56 Å². The van der Waals surface area contributed by atoms with E-state index in [1.165, 1.54) is 16.2 Å². The van der Waals surface area contributed by atoms with Gasteiger partial charge >= 0.3 is 6.09 Å². The molecule has 3 rings (SSSR count). The van der Waals surface area contributed by atoms with Gasteiger partial charge in [-0.05, 0) is 22.0 Å². The highest BCUT2D eigenvalue weighted by molar-refractivity contribution is 9.10. The highest BCUT2D eigenvalue weighted by atomic mass is 79.9. The van der Waals surface area contributed by atoms with E-state index in [1.54, 1.807) is 24.2 Å². The minimum atomic E-state index is -0.919. The molecule has 0 saturated carbocycles. The van der Waals surface area contributed by atoms with Crippen molar-refractivity contribution in [2.45, 2.75) is 13.0 Å². The molecule has 1 amide bonds. The third-order valence-corrected chi connectivity index (χ3v) is 5.10. The minimum absolute atomic E-state index is 0.203. The van der Waals surface area contributed by atoms with Crippen molar-refractivity contribution in [2.75, 3.05) is 18.5 Å². The molecule has 0 saturated heterocycles. The molecule has 3 heterocycles. The average Bonchev–Trinajstić information content (AvgIpc) is 2.91. The zero-order chi connectivity index (χ0) is 15.9. The van der Waals surface area contributed by atoms with Crippen molar-refractivity contribution < 1.29 is 9.90 Å². The van der Waals surface area contributed by atoms with Gasteiger partial charge in [0.25, 0.3) is 5.56 Å². The summed E-state index contributed by atoms with van der Waals surface area (Å²) in [5.74, 6) is 0. The van der Waals surface area contributed by atoms with Crippen LogP contribution in [0.15, 0.2) is 21.5 Å². The lowest BCUT2D eigenvalue weighted by molar-refractivity contribution is 0.140. The molecule has 22 heavy (non-hydrogen) atoms. The molecule has 0 bridgehead atoms. The maximum Gasteiger partial charge on any atom is 0.407 e. The second kappa shape index (κ2) is 5.73. The van der Waals surface area contributed by atoms with Crippen LogP contribution in [-0.4, -0.2) is 39.7 Å². The van der Waals surface area contributed by atoms with E-state index < -0.39 is 6.09 Å². The summed E-state index contributed by atoms with van der Waals surface area (Å²) in [5, 5.41) is 9.76.